The lowest BCUT2D eigenvalue weighted by Gasteiger charge is -2.39. The Morgan fingerprint density at radius 1 is 0.786 bits per heavy atom. The summed E-state index contributed by atoms with van der Waals surface area (Å²) in [7, 11) is 0. The van der Waals surface area contributed by atoms with Crippen molar-refractivity contribution in [3.8, 4) is 0 Å². The minimum absolute atomic E-state index is 0.0751. The van der Waals surface area contributed by atoms with Crippen LogP contribution in [0.3, 0.4) is 0 Å². The van der Waals surface area contributed by atoms with Gasteiger partial charge < -0.3 is 0 Å². The van der Waals surface area contributed by atoms with Crippen molar-refractivity contribution in [3.63, 3.8) is 0 Å². The molecule has 3 aliphatic carbocycles. The molecular formula is C26H28O2. The van der Waals surface area contributed by atoms with Gasteiger partial charge in [-0.25, -0.2) is 0 Å². The highest BCUT2D eigenvalue weighted by atomic mass is 16.2. The average molecular weight is 373 g/mol. The summed E-state index contributed by atoms with van der Waals surface area (Å²) in [4.78, 5) is 28.1. The fourth-order valence-corrected chi connectivity index (χ4v) is 7.15. The number of benzene rings is 2. The Kier molecular flexibility index (Phi) is 3.75. The van der Waals surface area contributed by atoms with Gasteiger partial charge in [-0.3, -0.25) is 9.59 Å². The van der Waals surface area contributed by atoms with Crippen molar-refractivity contribution in [2.75, 3.05) is 0 Å². The summed E-state index contributed by atoms with van der Waals surface area (Å²) in [5.74, 6) is 1.18. The van der Waals surface area contributed by atoms with Crippen molar-refractivity contribution < 1.29 is 9.59 Å². The minimum Gasteiger partial charge on any atom is -0.293 e. The Morgan fingerprint density at radius 2 is 1.36 bits per heavy atom. The molecule has 0 amide bonds. The zero-order valence-electron chi connectivity index (χ0n) is 16.9. The lowest BCUT2D eigenvalue weighted by atomic mass is 9.61. The van der Waals surface area contributed by atoms with Gasteiger partial charge in [0, 0.05) is 17.0 Å². The number of hydrogen-bond acceptors (Lipinski definition) is 2. The van der Waals surface area contributed by atoms with Crippen molar-refractivity contribution in [2.24, 2.45) is 28.6 Å². The molecule has 28 heavy (non-hydrogen) atoms. The molecule has 1 unspecified atom stereocenters. The molecule has 2 aromatic carbocycles. The third kappa shape index (κ3) is 2.04. The second-order valence-corrected chi connectivity index (χ2v) is 9.87. The summed E-state index contributed by atoms with van der Waals surface area (Å²) in [5, 5.41) is 0. The standard InChI is InChI=1S/C26H28O2/c1-16-13-14-20-21(15-16)26(22(25(20,2)3)17-9-5-4-6-10-17)23(27)18-11-7-8-12-19(18)24(26)28/h4-12,16,20-22H,13-15H2,1-3H3/t16-,20?,21-,22+/m0/s1. The van der Waals surface area contributed by atoms with Gasteiger partial charge in [-0.2, -0.15) is 0 Å². The summed E-state index contributed by atoms with van der Waals surface area (Å²) in [6.07, 6.45) is 3.28. The van der Waals surface area contributed by atoms with Gasteiger partial charge in [-0.15, -0.1) is 0 Å². The molecule has 0 bridgehead atoms. The zero-order chi connectivity index (χ0) is 19.7. The summed E-state index contributed by atoms with van der Waals surface area (Å²) < 4.78 is 0. The molecule has 0 aliphatic heterocycles. The lowest BCUT2D eigenvalue weighted by molar-refractivity contribution is 0.0497. The molecule has 0 aromatic heterocycles. The average Bonchev–Trinajstić information content (AvgIpc) is 3.04. The van der Waals surface area contributed by atoms with Crippen LogP contribution in [0.25, 0.3) is 0 Å². The quantitative estimate of drug-likeness (QED) is 0.582. The predicted molar refractivity (Wildman–Crippen MR) is 110 cm³/mol. The van der Waals surface area contributed by atoms with E-state index in [9.17, 15) is 9.59 Å². The lowest BCUT2D eigenvalue weighted by Crippen LogP contribution is -2.44. The first-order valence-corrected chi connectivity index (χ1v) is 10.6. The van der Waals surface area contributed by atoms with E-state index in [0.717, 1.165) is 18.4 Å². The van der Waals surface area contributed by atoms with Crippen LogP contribution in [-0.2, 0) is 0 Å². The molecule has 3 aliphatic rings. The van der Waals surface area contributed by atoms with E-state index in [-0.39, 0.29) is 28.8 Å². The van der Waals surface area contributed by atoms with E-state index in [1.54, 1.807) is 0 Å². The summed E-state index contributed by atoms with van der Waals surface area (Å²) in [5.41, 5.74) is 1.39. The van der Waals surface area contributed by atoms with Crippen LogP contribution in [0.1, 0.15) is 72.2 Å². The largest absolute Gasteiger partial charge is 0.293 e. The monoisotopic (exact) mass is 372 g/mol. The fourth-order valence-electron chi connectivity index (χ4n) is 7.15. The number of fused-ring (bicyclic) bond motifs is 3. The van der Waals surface area contributed by atoms with Gasteiger partial charge in [-0.1, -0.05) is 81.8 Å². The van der Waals surface area contributed by atoms with Crippen LogP contribution >= 0.6 is 0 Å². The molecule has 4 atom stereocenters. The Balaban J connectivity index is 1.80. The van der Waals surface area contributed by atoms with Gasteiger partial charge in [0.05, 0.1) is 0 Å². The van der Waals surface area contributed by atoms with Crippen LogP contribution in [-0.4, -0.2) is 11.6 Å². The van der Waals surface area contributed by atoms with E-state index in [1.165, 1.54) is 6.42 Å². The molecule has 5 rings (SSSR count). The van der Waals surface area contributed by atoms with Crippen LogP contribution in [0.2, 0.25) is 0 Å². The maximum atomic E-state index is 14.0. The van der Waals surface area contributed by atoms with Gasteiger partial charge in [0.1, 0.15) is 5.41 Å². The first-order valence-electron chi connectivity index (χ1n) is 10.6. The Hall–Kier alpha value is -2.22. The minimum atomic E-state index is -0.937. The van der Waals surface area contributed by atoms with E-state index in [1.807, 2.05) is 42.5 Å². The third-order valence-electron chi connectivity index (χ3n) is 8.15. The van der Waals surface area contributed by atoms with E-state index in [2.05, 4.69) is 32.9 Å². The zero-order valence-corrected chi connectivity index (χ0v) is 16.9. The molecule has 2 nitrogen and oxygen atoms in total. The second-order valence-electron chi connectivity index (χ2n) is 9.87. The van der Waals surface area contributed by atoms with Gasteiger partial charge in [0.25, 0.3) is 0 Å². The smallest absolute Gasteiger partial charge is 0.178 e. The van der Waals surface area contributed by atoms with Crippen molar-refractivity contribution in [1.82, 2.24) is 0 Å². The number of carbonyl (C=O) groups is 2. The summed E-state index contributed by atoms with van der Waals surface area (Å²) in [6.45, 7) is 6.89. The van der Waals surface area contributed by atoms with Crippen LogP contribution in [0.4, 0.5) is 0 Å². The van der Waals surface area contributed by atoms with E-state index < -0.39 is 5.41 Å². The van der Waals surface area contributed by atoms with E-state index in [4.69, 9.17) is 0 Å². The molecule has 0 radical (unpaired) electrons. The predicted octanol–water partition coefficient (Wildman–Crippen LogP) is 5.93. The normalized spacial score (nSPS) is 32.4. The number of ketones is 2. The van der Waals surface area contributed by atoms with Crippen molar-refractivity contribution >= 4 is 11.6 Å². The van der Waals surface area contributed by atoms with Crippen molar-refractivity contribution in [3.05, 3.63) is 71.3 Å². The third-order valence-corrected chi connectivity index (χ3v) is 8.15. The number of hydrogen-bond donors (Lipinski definition) is 0. The van der Waals surface area contributed by atoms with Crippen LogP contribution in [0.15, 0.2) is 54.6 Å². The van der Waals surface area contributed by atoms with E-state index >= 15 is 0 Å². The molecule has 0 saturated heterocycles. The van der Waals surface area contributed by atoms with Gasteiger partial charge >= 0.3 is 0 Å². The summed E-state index contributed by atoms with van der Waals surface area (Å²) in [6, 6.07) is 17.8. The Morgan fingerprint density at radius 3 is 1.96 bits per heavy atom. The molecule has 144 valence electrons. The number of Topliss-reactive ketones (excluding diaryl/α,β-unsaturated/α-hetero) is 2. The molecule has 2 fully saturated rings. The fraction of sp³-hybridized carbons (Fsp3) is 0.462. The van der Waals surface area contributed by atoms with Crippen molar-refractivity contribution in [1.29, 1.82) is 0 Å². The molecule has 0 N–H and O–H groups in total. The van der Waals surface area contributed by atoms with Crippen LogP contribution in [0, 0.1) is 28.6 Å². The molecular weight excluding hydrogens is 344 g/mol. The highest BCUT2D eigenvalue weighted by Crippen LogP contribution is 2.71. The first-order chi connectivity index (χ1) is 13.4. The maximum absolute atomic E-state index is 14.0. The Labute approximate surface area is 167 Å². The van der Waals surface area contributed by atoms with Crippen LogP contribution in [0.5, 0.6) is 0 Å². The van der Waals surface area contributed by atoms with Gasteiger partial charge in [-0.05, 0) is 41.6 Å². The topological polar surface area (TPSA) is 34.1 Å². The SMILES string of the molecule is C[C@H]1CCC2[C@H](C1)C1(C(=O)c3ccccc3C1=O)[C@H](c1ccccc1)C2(C)C. The van der Waals surface area contributed by atoms with E-state index in [0.29, 0.717) is 23.0 Å². The number of rotatable bonds is 1. The Bertz CT molecular complexity index is 920. The maximum Gasteiger partial charge on any atom is 0.178 e. The molecule has 1 spiro atoms. The van der Waals surface area contributed by atoms with Gasteiger partial charge in [0.2, 0.25) is 0 Å². The highest BCUT2D eigenvalue weighted by molar-refractivity contribution is 6.30. The molecule has 2 saturated carbocycles. The van der Waals surface area contributed by atoms with Crippen LogP contribution < -0.4 is 0 Å². The second kappa shape index (κ2) is 5.89. The summed E-state index contributed by atoms with van der Waals surface area (Å²) >= 11 is 0. The highest BCUT2D eigenvalue weighted by Gasteiger charge is 2.72. The first kappa shape index (κ1) is 17.8. The van der Waals surface area contributed by atoms with Gasteiger partial charge in [0.15, 0.2) is 11.6 Å². The number of carbonyl (C=O) groups excluding carboxylic acids is 2. The molecule has 2 heteroatoms. The molecule has 0 heterocycles. The van der Waals surface area contributed by atoms with Crippen molar-refractivity contribution in [2.45, 2.75) is 46.0 Å². The molecule has 2 aromatic rings.